The molecule has 1 amide bonds. The quantitative estimate of drug-likeness (QED) is 0.364. The van der Waals surface area contributed by atoms with Crippen molar-refractivity contribution >= 4 is 11.7 Å². The number of hydrogen-bond acceptors (Lipinski definition) is 4. The fraction of sp³-hybridized carbons (Fsp3) is 0.467. The summed E-state index contributed by atoms with van der Waals surface area (Å²) in [6, 6.07) is 9.61. The third kappa shape index (κ3) is 3.72. The lowest BCUT2D eigenvalue weighted by Crippen LogP contribution is -2.46. The summed E-state index contributed by atoms with van der Waals surface area (Å²) in [5.74, 6) is -0.873. The van der Waals surface area contributed by atoms with Crippen LogP contribution in [0.25, 0.3) is 0 Å². The van der Waals surface area contributed by atoms with Gasteiger partial charge in [-0.05, 0) is 18.4 Å². The maximum atomic E-state index is 12.6. The number of amidine groups is 1. The molecule has 2 atom stereocenters. The summed E-state index contributed by atoms with van der Waals surface area (Å²) in [6.45, 7) is 1.20. The van der Waals surface area contributed by atoms with Crippen LogP contribution >= 0.6 is 0 Å². The molecule has 2 rings (SSSR count). The molecule has 0 aromatic heterocycles. The summed E-state index contributed by atoms with van der Waals surface area (Å²) in [5.41, 5.74) is 6.69. The second-order valence-electron chi connectivity index (χ2n) is 5.23. The number of carbonyl (C=O) groups excluding carboxylic acids is 1. The van der Waals surface area contributed by atoms with Gasteiger partial charge >= 0.3 is 0 Å². The number of oxime groups is 1. The highest BCUT2D eigenvalue weighted by Gasteiger charge is 2.31. The normalized spacial score (nSPS) is 20.2. The van der Waals surface area contributed by atoms with E-state index in [1.807, 2.05) is 30.3 Å². The molecule has 0 aliphatic carbocycles. The van der Waals surface area contributed by atoms with Crippen LogP contribution in [0.5, 0.6) is 0 Å². The van der Waals surface area contributed by atoms with Crippen molar-refractivity contribution in [2.24, 2.45) is 16.8 Å². The van der Waals surface area contributed by atoms with Crippen molar-refractivity contribution in [3.05, 3.63) is 35.9 Å². The Kier molecular flexibility index (Phi) is 5.16. The Balaban J connectivity index is 2.13. The van der Waals surface area contributed by atoms with Gasteiger partial charge in [0.25, 0.3) is 0 Å². The van der Waals surface area contributed by atoms with E-state index in [9.17, 15) is 4.79 Å². The minimum Gasteiger partial charge on any atom is -0.409 e. The van der Waals surface area contributed by atoms with Crippen molar-refractivity contribution in [3.8, 4) is 0 Å². The van der Waals surface area contributed by atoms with Gasteiger partial charge in [0.15, 0.2) is 5.84 Å². The molecule has 1 aliphatic heterocycles. The van der Waals surface area contributed by atoms with Gasteiger partial charge in [0.2, 0.25) is 5.91 Å². The minimum absolute atomic E-state index is 0.0577. The van der Waals surface area contributed by atoms with Crippen LogP contribution in [-0.4, -0.2) is 48.2 Å². The number of benzene rings is 1. The maximum Gasteiger partial charge on any atom is 0.233 e. The third-order valence-electron chi connectivity index (χ3n) is 3.85. The van der Waals surface area contributed by atoms with Crippen LogP contribution < -0.4 is 5.73 Å². The summed E-state index contributed by atoms with van der Waals surface area (Å²) in [5, 5.41) is 12.0. The summed E-state index contributed by atoms with van der Waals surface area (Å²) >= 11 is 0. The average molecular weight is 291 g/mol. The van der Waals surface area contributed by atoms with Crippen LogP contribution in [0.3, 0.4) is 0 Å². The van der Waals surface area contributed by atoms with E-state index in [0.717, 1.165) is 12.0 Å². The molecular formula is C15H21N3O3. The van der Waals surface area contributed by atoms with Crippen LogP contribution in [0.15, 0.2) is 35.5 Å². The predicted octanol–water partition coefficient (Wildman–Crippen LogP) is 0.839. The third-order valence-corrected chi connectivity index (χ3v) is 3.85. The molecule has 0 spiro atoms. The highest BCUT2D eigenvalue weighted by Crippen LogP contribution is 2.17. The number of rotatable bonds is 5. The fourth-order valence-corrected chi connectivity index (χ4v) is 2.49. The molecule has 1 fully saturated rings. The smallest absolute Gasteiger partial charge is 0.233 e. The number of ether oxygens (including phenoxy) is 1. The Bertz CT molecular complexity index is 498. The molecule has 1 aromatic rings. The molecule has 21 heavy (non-hydrogen) atoms. The van der Waals surface area contributed by atoms with Crippen LogP contribution in [0.1, 0.15) is 12.0 Å². The molecule has 6 heteroatoms. The van der Waals surface area contributed by atoms with Crippen molar-refractivity contribution in [3.63, 3.8) is 0 Å². The molecule has 0 bridgehead atoms. The Labute approximate surface area is 124 Å². The van der Waals surface area contributed by atoms with Crippen LogP contribution in [0.2, 0.25) is 0 Å². The van der Waals surface area contributed by atoms with Gasteiger partial charge in [0, 0.05) is 13.7 Å². The monoisotopic (exact) mass is 291 g/mol. The minimum atomic E-state index is -0.664. The van der Waals surface area contributed by atoms with E-state index < -0.39 is 5.92 Å². The van der Waals surface area contributed by atoms with Gasteiger partial charge in [-0.3, -0.25) is 4.79 Å². The van der Waals surface area contributed by atoms with Gasteiger partial charge < -0.3 is 20.6 Å². The zero-order chi connectivity index (χ0) is 15.2. The first-order valence-corrected chi connectivity index (χ1v) is 6.99. The molecule has 6 nitrogen and oxygen atoms in total. The van der Waals surface area contributed by atoms with Crippen LogP contribution in [0.4, 0.5) is 0 Å². The summed E-state index contributed by atoms with van der Waals surface area (Å²) in [7, 11) is 1.74. The zero-order valence-corrected chi connectivity index (χ0v) is 12.1. The first-order chi connectivity index (χ1) is 10.1. The first-order valence-electron chi connectivity index (χ1n) is 6.99. The van der Waals surface area contributed by atoms with Crippen molar-refractivity contribution in [1.82, 2.24) is 4.90 Å². The fourth-order valence-electron chi connectivity index (χ4n) is 2.49. The number of likely N-dealkylation sites (N-methyl/N-ethyl adjacent to an activating group) is 1. The number of amides is 1. The molecule has 1 aromatic carbocycles. The van der Waals surface area contributed by atoms with Crippen molar-refractivity contribution < 1.29 is 14.7 Å². The number of carbonyl (C=O) groups is 1. The van der Waals surface area contributed by atoms with Gasteiger partial charge in [-0.2, -0.15) is 0 Å². The Morgan fingerprint density at radius 2 is 2.24 bits per heavy atom. The van der Waals surface area contributed by atoms with Crippen molar-refractivity contribution in [1.29, 1.82) is 0 Å². The molecule has 114 valence electrons. The lowest BCUT2D eigenvalue weighted by molar-refractivity contribution is -0.134. The van der Waals surface area contributed by atoms with E-state index >= 15 is 0 Å². The molecule has 2 unspecified atom stereocenters. The molecule has 0 saturated carbocycles. The molecule has 3 N–H and O–H groups in total. The number of nitrogens with two attached hydrogens (primary N) is 1. The van der Waals surface area contributed by atoms with Crippen molar-refractivity contribution in [2.45, 2.75) is 18.9 Å². The molecule has 1 aliphatic rings. The summed E-state index contributed by atoms with van der Waals surface area (Å²) in [6.07, 6.45) is 1.23. The Morgan fingerprint density at radius 1 is 1.52 bits per heavy atom. The van der Waals surface area contributed by atoms with E-state index in [1.54, 1.807) is 11.9 Å². The van der Waals surface area contributed by atoms with E-state index in [-0.39, 0.29) is 17.8 Å². The van der Waals surface area contributed by atoms with E-state index in [2.05, 4.69) is 5.16 Å². The van der Waals surface area contributed by atoms with Crippen molar-refractivity contribution in [2.75, 3.05) is 20.3 Å². The largest absolute Gasteiger partial charge is 0.409 e. The van der Waals surface area contributed by atoms with E-state index in [0.29, 0.717) is 19.6 Å². The Morgan fingerprint density at radius 3 is 2.81 bits per heavy atom. The number of nitrogens with zero attached hydrogens (tertiary/aromatic N) is 2. The van der Waals surface area contributed by atoms with E-state index in [1.165, 1.54) is 0 Å². The molecular weight excluding hydrogens is 270 g/mol. The zero-order valence-electron chi connectivity index (χ0n) is 12.1. The topological polar surface area (TPSA) is 88.2 Å². The second kappa shape index (κ2) is 7.08. The van der Waals surface area contributed by atoms with Crippen LogP contribution in [0, 0.1) is 5.92 Å². The average Bonchev–Trinajstić information content (AvgIpc) is 3.06. The van der Waals surface area contributed by atoms with Gasteiger partial charge in [0.05, 0.1) is 12.6 Å². The highest BCUT2D eigenvalue weighted by molar-refractivity contribution is 6.02. The number of hydrogen-bond donors (Lipinski definition) is 2. The Hall–Kier alpha value is -2.08. The van der Waals surface area contributed by atoms with Gasteiger partial charge in [0.1, 0.15) is 5.92 Å². The highest BCUT2D eigenvalue weighted by atomic mass is 16.5. The SMILES string of the molecule is CN(C(=O)C(Cc1ccccc1)/C(N)=N/O)C1CCOC1. The van der Waals surface area contributed by atoms with Gasteiger partial charge in [-0.25, -0.2) is 0 Å². The van der Waals surface area contributed by atoms with Crippen LogP contribution in [-0.2, 0) is 16.0 Å². The van der Waals surface area contributed by atoms with E-state index in [4.69, 9.17) is 15.7 Å². The first kappa shape index (κ1) is 15.3. The summed E-state index contributed by atoms with van der Waals surface area (Å²) < 4.78 is 5.31. The maximum absolute atomic E-state index is 12.6. The molecule has 1 heterocycles. The lowest BCUT2D eigenvalue weighted by atomic mass is 9.96. The summed E-state index contributed by atoms with van der Waals surface area (Å²) in [4.78, 5) is 14.3. The van der Waals surface area contributed by atoms with Gasteiger partial charge in [-0.1, -0.05) is 35.5 Å². The van der Waals surface area contributed by atoms with Gasteiger partial charge in [-0.15, -0.1) is 0 Å². The molecule has 0 radical (unpaired) electrons. The standard InChI is InChI=1S/C15H21N3O3/c1-18(12-7-8-21-10-12)15(19)13(14(16)17-20)9-11-5-3-2-4-6-11/h2-6,12-13,20H,7-10H2,1H3,(H2,16,17). The lowest BCUT2D eigenvalue weighted by Gasteiger charge is -2.27. The predicted molar refractivity (Wildman–Crippen MR) is 79.0 cm³/mol. The second-order valence-corrected chi connectivity index (χ2v) is 5.23. The molecule has 1 saturated heterocycles.